The Morgan fingerprint density at radius 2 is 0.800 bits per heavy atom. The molecule has 10 heavy (non-hydrogen) atoms. The van der Waals surface area contributed by atoms with Crippen molar-refractivity contribution in [3.05, 3.63) is 0 Å². The molecule has 60 valence electrons. The van der Waals surface area contributed by atoms with E-state index in [9.17, 15) is 0 Å². The second-order valence-electron chi connectivity index (χ2n) is 2.19. The number of hydrogen-bond acceptors (Lipinski definition) is 2. The molecule has 0 heterocycles. The van der Waals surface area contributed by atoms with Gasteiger partial charge < -0.3 is 10.2 Å². The van der Waals surface area contributed by atoms with Crippen LogP contribution < -0.4 is 0 Å². The van der Waals surface area contributed by atoms with E-state index in [1.807, 2.05) is 0 Å². The van der Waals surface area contributed by atoms with Gasteiger partial charge in [0, 0.05) is 75.9 Å². The predicted molar refractivity (Wildman–Crippen MR) is 34.7 cm³/mol. The van der Waals surface area contributed by atoms with Crippen molar-refractivity contribution in [3.8, 4) is 0 Å². The molecule has 0 aromatic heterocycles. The van der Waals surface area contributed by atoms with Gasteiger partial charge in [0.25, 0.3) is 0 Å². The zero-order valence-electron chi connectivity index (χ0n) is 7.07. The first-order chi connectivity index (χ1) is 3.46. The first kappa shape index (κ1) is 22.7. The molecule has 0 fully saturated rings. The SMILES string of the molecule is CC(C)O.CC(C)O.[Pr].[Ta]. The molecule has 0 aliphatic heterocycles. The van der Waals surface area contributed by atoms with Gasteiger partial charge in [0.15, 0.2) is 0 Å². The van der Waals surface area contributed by atoms with Gasteiger partial charge in [-0.2, -0.15) is 0 Å². The van der Waals surface area contributed by atoms with Crippen molar-refractivity contribution in [2.75, 3.05) is 0 Å². The standard InChI is InChI=1S/2C3H8O.Pr.Ta/c2*1-3(2)4;;/h2*3-4H,1-2H3;;. The van der Waals surface area contributed by atoms with Crippen LogP contribution in [0.2, 0.25) is 0 Å². The minimum absolute atomic E-state index is 0. The summed E-state index contributed by atoms with van der Waals surface area (Å²) >= 11 is 0. The summed E-state index contributed by atoms with van der Waals surface area (Å²) in [5.41, 5.74) is 0. The molecule has 2 N–H and O–H groups in total. The van der Waals surface area contributed by atoms with E-state index in [2.05, 4.69) is 0 Å². The maximum absolute atomic E-state index is 8.06. The summed E-state index contributed by atoms with van der Waals surface area (Å²) in [7, 11) is 0. The Labute approximate surface area is 112 Å². The van der Waals surface area contributed by atoms with Crippen LogP contribution in [-0.4, -0.2) is 22.4 Å². The fourth-order valence-electron chi connectivity index (χ4n) is 0. The molecule has 0 aliphatic carbocycles. The van der Waals surface area contributed by atoms with Gasteiger partial charge in [-0.1, -0.05) is 0 Å². The Morgan fingerprint density at radius 1 is 0.800 bits per heavy atom. The van der Waals surface area contributed by atoms with Crippen molar-refractivity contribution < 1.29 is 73.9 Å². The topological polar surface area (TPSA) is 40.5 Å². The number of hydrogen-bond donors (Lipinski definition) is 2. The quantitative estimate of drug-likeness (QED) is 0.583. The van der Waals surface area contributed by atoms with Crippen LogP contribution in [0.3, 0.4) is 0 Å². The minimum Gasteiger partial charge on any atom is -0.394 e. The molecular formula is C6H16O2PrTa. The molecule has 2 nitrogen and oxygen atoms in total. The molecule has 0 aromatic rings. The second-order valence-corrected chi connectivity index (χ2v) is 2.19. The Balaban J connectivity index is -0.0000000300. The molecule has 0 saturated heterocycles. The zero-order valence-corrected chi connectivity index (χ0v) is 14.0. The Morgan fingerprint density at radius 3 is 0.800 bits per heavy atom. The van der Waals surface area contributed by atoms with Crippen molar-refractivity contribution in [2.45, 2.75) is 39.9 Å². The Kier molecular flexibility index (Phi) is 39.0. The van der Waals surface area contributed by atoms with E-state index in [4.69, 9.17) is 10.2 Å². The molecule has 2 radical (unpaired) electrons. The number of rotatable bonds is 0. The number of aliphatic hydroxyl groups excluding tert-OH is 2. The zero-order chi connectivity index (χ0) is 7.15. The number of aliphatic hydroxyl groups is 2. The van der Waals surface area contributed by atoms with Gasteiger partial charge in [0.2, 0.25) is 0 Å². The van der Waals surface area contributed by atoms with Crippen molar-refractivity contribution in [3.63, 3.8) is 0 Å². The summed E-state index contributed by atoms with van der Waals surface area (Å²) in [4.78, 5) is 0. The van der Waals surface area contributed by atoms with Crippen LogP contribution in [0.5, 0.6) is 0 Å². The molecule has 0 aromatic carbocycles. The predicted octanol–water partition coefficient (Wildman–Crippen LogP) is 0.772. The molecule has 0 saturated carbocycles. The third kappa shape index (κ3) is 199. The molecule has 0 unspecified atom stereocenters. The molecule has 0 bridgehead atoms. The average molecular weight is 442 g/mol. The summed E-state index contributed by atoms with van der Waals surface area (Å²) < 4.78 is 0. The van der Waals surface area contributed by atoms with E-state index in [-0.39, 0.29) is 75.9 Å². The smallest absolute Gasteiger partial charge is 0.0483 e. The maximum Gasteiger partial charge on any atom is 0.0483 e. The van der Waals surface area contributed by atoms with E-state index in [1.54, 1.807) is 27.7 Å². The van der Waals surface area contributed by atoms with Gasteiger partial charge >= 0.3 is 0 Å². The minimum atomic E-state index is -0.167. The van der Waals surface area contributed by atoms with Crippen LogP contribution in [-0.2, 0) is 22.4 Å². The first-order valence-electron chi connectivity index (χ1n) is 2.83. The second kappa shape index (κ2) is 17.2. The Bertz CT molecular complexity index is 31.2. The van der Waals surface area contributed by atoms with Crippen LogP contribution in [0.4, 0.5) is 0 Å². The van der Waals surface area contributed by atoms with Crippen LogP contribution in [0.25, 0.3) is 0 Å². The molecule has 0 rings (SSSR count). The van der Waals surface area contributed by atoms with Crippen molar-refractivity contribution >= 4 is 0 Å². The van der Waals surface area contributed by atoms with Crippen molar-refractivity contribution in [1.82, 2.24) is 0 Å². The molecule has 0 amide bonds. The normalized spacial score (nSPS) is 7.20. The van der Waals surface area contributed by atoms with Crippen LogP contribution in [0, 0.1) is 41.3 Å². The van der Waals surface area contributed by atoms with Gasteiger partial charge in [0.1, 0.15) is 0 Å². The average Bonchev–Trinajstić information content (AvgIpc) is 1.25. The first-order valence-corrected chi connectivity index (χ1v) is 2.83. The van der Waals surface area contributed by atoms with Gasteiger partial charge in [-0.05, 0) is 27.7 Å². The summed E-state index contributed by atoms with van der Waals surface area (Å²) in [6.07, 6.45) is -0.333. The summed E-state index contributed by atoms with van der Waals surface area (Å²) in [6, 6.07) is 0. The third-order valence-corrected chi connectivity index (χ3v) is 0. The van der Waals surface area contributed by atoms with Gasteiger partial charge in [-0.25, -0.2) is 0 Å². The van der Waals surface area contributed by atoms with Gasteiger partial charge in [0.05, 0.1) is 0 Å². The third-order valence-electron chi connectivity index (χ3n) is 0. The van der Waals surface area contributed by atoms with Crippen LogP contribution in [0.15, 0.2) is 0 Å². The van der Waals surface area contributed by atoms with Crippen LogP contribution >= 0.6 is 0 Å². The summed E-state index contributed by atoms with van der Waals surface area (Å²) in [5.74, 6) is 0. The summed E-state index contributed by atoms with van der Waals surface area (Å²) in [6.45, 7) is 6.89. The van der Waals surface area contributed by atoms with Gasteiger partial charge in [-0.15, -0.1) is 0 Å². The molecule has 0 spiro atoms. The monoisotopic (exact) mass is 442 g/mol. The van der Waals surface area contributed by atoms with E-state index >= 15 is 0 Å². The fraction of sp³-hybridized carbons (Fsp3) is 1.00. The van der Waals surface area contributed by atoms with Crippen LogP contribution in [0.1, 0.15) is 27.7 Å². The molecule has 0 aliphatic rings. The summed E-state index contributed by atoms with van der Waals surface area (Å²) in [5, 5.41) is 16.1. The fourth-order valence-corrected chi connectivity index (χ4v) is 0. The van der Waals surface area contributed by atoms with Crippen molar-refractivity contribution in [2.24, 2.45) is 0 Å². The van der Waals surface area contributed by atoms with E-state index in [1.165, 1.54) is 0 Å². The van der Waals surface area contributed by atoms with E-state index in [0.29, 0.717) is 0 Å². The molecular weight excluding hydrogens is 426 g/mol. The molecule has 4 heteroatoms. The van der Waals surface area contributed by atoms with Gasteiger partial charge in [-0.3, -0.25) is 0 Å². The largest absolute Gasteiger partial charge is 0.394 e. The maximum atomic E-state index is 8.06. The molecule has 0 atom stereocenters. The van der Waals surface area contributed by atoms with E-state index < -0.39 is 0 Å². The van der Waals surface area contributed by atoms with E-state index in [0.717, 1.165) is 0 Å². The Hall–Kier alpha value is 2.02. The van der Waals surface area contributed by atoms with Crippen molar-refractivity contribution in [1.29, 1.82) is 0 Å².